The fourth-order valence-corrected chi connectivity index (χ4v) is 3.80. The molecule has 0 aliphatic heterocycles. The number of halogens is 1. The van der Waals surface area contributed by atoms with Crippen LogP contribution in [-0.4, -0.2) is 28.7 Å². The molecule has 2 heterocycles. The molecule has 0 radical (unpaired) electrons. The van der Waals surface area contributed by atoms with E-state index >= 15 is 0 Å². The van der Waals surface area contributed by atoms with Gasteiger partial charge in [-0.05, 0) is 48.5 Å². The number of hydrogen-bond donors (Lipinski definition) is 2. The van der Waals surface area contributed by atoms with E-state index in [-0.39, 0.29) is 17.5 Å². The topological polar surface area (TPSA) is 80.2 Å². The predicted octanol–water partition coefficient (Wildman–Crippen LogP) is 4.89. The Labute approximate surface area is 182 Å². The number of carbonyl (C=O) groups is 1. The van der Waals surface area contributed by atoms with Gasteiger partial charge in [0, 0.05) is 11.1 Å². The summed E-state index contributed by atoms with van der Waals surface area (Å²) in [5.41, 5.74) is 2.35. The molecule has 2 aromatic carbocycles. The normalized spacial score (nSPS) is 10.8. The van der Waals surface area contributed by atoms with Gasteiger partial charge in [0.2, 0.25) is 5.91 Å². The largest absolute Gasteiger partial charge is 0.497 e. The number of furan rings is 1. The molecule has 0 spiro atoms. The molecule has 0 fully saturated rings. The van der Waals surface area contributed by atoms with E-state index in [1.54, 1.807) is 37.6 Å². The Balaban J connectivity index is 1.56. The molecule has 8 heteroatoms. The van der Waals surface area contributed by atoms with E-state index in [1.165, 1.54) is 23.9 Å². The van der Waals surface area contributed by atoms with Gasteiger partial charge in [-0.2, -0.15) is 0 Å². The third kappa shape index (κ3) is 5.16. The molecule has 6 nitrogen and oxygen atoms in total. The number of benzene rings is 2. The number of aromatic amines is 1. The van der Waals surface area contributed by atoms with E-state index in [9.17, 15) is 9.18 Å². The summed E-state index contributed by atoms with van der Waals surface area (Å²) in [5.74, 6) is 1.75. The van der Waals surface area contributed by atoms with Crippen LogP contribution in [0, 0.1) is 5.82 Å². The molecule has 0 saturated heterocycles. The van der Waals surface area contributed by atoms with Crippen LogP contribution in [-0.2, 0) is 11.3 Å². The van der Waals surface area contributed by atoms with E-state index in [1.807, 2.05) is 24.3 Å². The molecule has 0 saturated carbocycles. The lowest BCUT2D eigenvalue weighted by atomic mass is 10.1. The van der Waals surface area contributed by atoms with Gasteiger partial charge in [-0.25, -0.2) is 9.37 Å². The second-order valence-electron chi connectivity index (χ2n) is 6.65. The number of ether oxygens (including phenoxy) is 1. The van der Waals surface area contributed by atoms with Crippen LogP contribution in [0.25, 0.3) is 22.6 Å². The third-order valence-corrected chi connectivity index (χ3v) is 5.50. The van der Waals surface area contributed by atoms with E-state index in [0.717, 1.165) is 16.8 Å². The molecule has 0 aliphatic carbocycles. The summed E-state index contributed by atoms with van der Waals surface area (Å²) in [6.45, 7) is 0.326. The zero-order chi connectivity index (χ0) is 21.6. The lowest BCUT2D eigenvalue weighted by Gasteiger charge is -2.04. The lowest BCUT2D eigenvalue weighted by molar-refractivity contribution is -0.118. The van der Waals surface area contributed by atoms with E-state index < -0.39 is 0 Å². The van der Waals surface area contributed by atoms with Crippen LogP contribution in [0.3, 0.4) is 0 Å². The maximum atomic E-state index is 13.4. The Bertz CT molecular complexity index is 1160. The van der Waals surface area contributed by atoms with E-state index in [4.69, 9.17) is 14.1 Å². The van der Waals surface area contributed by atoms with E-state index in [2.05, 4.69) is 10.3 Å². The van der Waals surface area contributed by atoms with Gasteiger partial charge in [0.25, 0.3) is 0 Å². The minimum Gasteiger partial charge on any atom is -0.497 e. The zero-order valence-electron chi connectivity index (χ0n) is 16.7. The van der Waals surface area contributed by atoms with Crippen molar-refractivity contribution in [2.45, 2.75) is 11.6 Å². The number of aromatic nitrogens is 2. The maximum absolute atomic E-state index is 13.4. The molecule has 4 rings (SSSR count). The van der Waals surface area contributed by atoms with Gasteiger partial charge >= 0.3 is 0 Å². The molecule has 2 N–H and O–H groups in total. The van der Waals surface area contributed by atoms with Crippen molar-refractivity contribution in [1.82, 2.24) is 15.3 Å². The average Bonchev–Trinajstić information content (AvgIpc) is 3.47. The number of rotatable bonds is 8. The molecule has 1 amide bonds. The van der Waals surface area contributed by atoms with Crippen LogP contribution < -0.4 is 10.1 Å². The number of amides is 1. The van der Waals surface area contributed by atoms with Crippen molar-refractivity contribution in [2.24, 2.45) is 0 Å². The quantitative estimate of drug-likeness (QED) is 0.384. The Hall–Kier alpha value is -3.52. The smallest absolute Gasteiger partial charge is 0.230 e. The first-order chi connectivity index (χ1) is 15.1. The van der Waals surface area contributed by atoms with Crippen molar-refractivity contribution in [3.8, 4) is 28.4 Å². The van der Waals surface area contributed by atoms with Gasteiger partial charge in [-0.3, -0.25) is 4.79 Å². The molecular formula is C23H20FN3O3S. The molecule has 31 heavy (non-hydrogen) atoms. The van der Waals surface area contributed by atoms with Crippen LogP contribution in [0.1, 0.15) is 5.76 Å². The third-order valence-electron chi connectivity index (χ3n) is 4.53. The monoisotopic (exact) mass is 437 g/mol. The molecule has 2 aromatic heterocycles. The van der Waals surface area contributed by atoms with Crippen LogP contribution >= 0.6 is 11.8 Å². The molecule has 4 aromatic rings. The van der Waals surface area contributed by atoms with Crippen molar-refractivity contribution in [1.29, 1.82) is 0 Å². The highest BCUT2D eigenvalue weighted by molar-refractivity contribution is 8.00. The summed E-state index contributed by atoms with van der Waals surface area (Å²) >= 11 is 1.31. The van der Waals surface area contributed by atoms with Crippen molar-refractivity contribution >= 4 is 17.7 Å². The SMILES string of the molecule is COc1cccc(-c2nc(SCC(=O)NCc3ccco3)c(-c3ccc(F)cc3)[nH]2)c1. The lowest BCUT2D eigenvalue weighted by Crippen LogP contribution is -2.24. The van der Waals surface area contributed by atoms with Crippen LogP contribution in [0.4, 0.5) is 4.39 Å². The highest BCUT2D eigenvalue weighted by Crippen LogP contribution is 2.33. The second kappa shape index (κ2) is 9.53. The fraction of sp³-hybridized carbons (Fsp3) is 0.130. The van der Waals surface area contributed by atoms with Crippen LogP contribution in [0.2, 0.25) is 0 Å². The summed E-state index contributed by atoms with van der Waals surface area (Å²) in [7, 11) is 1.60. The van der Waals surface area contributed by atoms with E-state index in [0.29, 0.717) is 28.9 Å². The average molecular weight is 437 g/mol. The Morgan fingerprint density at radius 2 is 2.00 bits per heavy atom. The summed E-state index contributed by atoms with van der Waals surface area (Å²) in [5, 5.41) is 3.47. The minimum atomic E-state index is -0.317. The van der Waals surface area contributed by atoms with Gasteiger partial charge in [-0.1, -0.05) is 23.9 Å². The Morgan fingerprint density at radius 1 is 1.16 bits per heavy atom. The maximum Gasteiger partial charge on any atom is 0.230 e. The standard InChI is InChI=1S/C23H20FN3O3S/c1-29-18-5-2-4-16(12-18)22-26-21(15-7-9-17(24)10-8-15)23(27-22)31-14-20(28)25-13-19-6-3-11-30-19/h2-12H,13-14H2,1H3,(H,25,28)(H,26,27). The fourth-order valence-electron chi connectivity index (χ4n) is 2.96. The number of methoxy groups -OCH3 is 1. The highest BCUT2D eigenvalue weighted by atomic mass is 32.2. The van der Waals surface area contributed by atoms with Crippen molar-refractivity contribution < 1.29 is 18.3 Å². The molecule has 0 unspecified atom stereocenters. The number of carbonyl (C=O) groups excluding carboxylic acids is 1. The zero-order valence-corrected chi connectivity index (χ0v) is 17.5. The van der Waals surface area contributed by atoms with Crippen molar-refractivity contribution in [3.63, 3.8) is 0 Å². The predicted molar refractivity (Wildman–Crippen MR) is 117 cm³/mol. The van der Waals surface area contributed by atoms with Gasteiger partial charge in [0.15, 0.2) is 0 Å². The Morgan fingerprint density at radius 3 is 2.74 bits per heavy atom. The molecule has 0 atom stereocenters. The summed E-state index contributed by atoms with van der Waals surface area (Å²) in [6.07, 6.45) is 1.56. The summed E-state index contributed by atoms with van der Waals surface area (Å²) < 4.78 is 23.9. The van der Waals surface area contributed by atoms with Gasteiger partial charge in [0.1, 0.15) is 28.2 Å². The van der Waals surface area contributed by atoms with Gasteiger partial charge in [-0.15, -0.1) is 0 Å². The van der Waals surface area contributed by atoms with Crippen LogP contribution in [0.15, 0.2) is 76.4 Å². The highest BCUT2D eigenvalue weighted by Gasteiger charge is 2.16. The van der Waals surface area contributed by atoms with Gasteiger partial charge < -0.3 is 19.5 Å². The number of imidazole rings is 1. The number of thioether (sulfide) groups is 1. The first-order valence-corrected chi connectivity index (χ1v) is 10.5. The van der Waals surface area contributed by atoms with Crippen LogP contribution in [0.5, 0.6) is 5.75 Å². The molecular weight excluding hydrogens is 417 g/mol. The first kappa shape index (κ1) is 20.7. The second-order valence-corrected chi connectivity index (χ2v) is 7.61. The first-order valence-electron chi connectivity index (χ1n) is 9.54. The molecule has 158 valence electrons. The number of nitrogens with zero attached hydrogens (tertiary/aromatic N) is 1. The van der Waals surface area contributed by atoms with Crippen molar-refractivity contribution in [3.05, 3.63) is 78.5 Å². The summed E-state index contributed by atoms with van der Waals surface area (Å²) in [6, 6.07) is 17.2. The number of hydrogen-bond acceptors (Lipinski definition) is 5. The molecule has 0 bridgehead atoms. The minimum absolute atomic E-state index is 0.141. The Kier molecular flexibility index (Phi) is 6.37. The number of nitrogens with one attached hydrogen (secondary N) is 2. The summed E-state index contributed by atoms with van der Waals surface area (Å²) in [4.78, 5) is 20.3. The molecule has 0 aliphatic rings. The van der Waals surface area contributed by atoms with Crippen molar-refractivity contribution in [2.75, 3.05) is 12.9 Å². The number of H-pyrrole nitrogens is 1. The van der Waals surface area contributed by atoms with Gasteiger partial charge in [0.05, 0.1) is 31.4 Å².